The summed E-state index contributed by atoms with van der Waals surface area (Å²) in [4.78, 5) is 16.1. The maximum atomic E-state index is 14.1. The van der Waals surface area contributed by atoms with E-state index in [2.05, 4.69) is 21.6 Å². The van der Waals surface area contributed by atoms with Crippen molar-refractivity contribution in [3.63, 3.8) is 0 Å². The van der Waals surface area contributed by atoms with Gasteiger partial charge < -0.3 is 10.1 Å². The summed E-state index contributed by atoms with van der Waals surface area (Å²) in [5.74, 6) is -0.869. The Labute approximate surface area is 186 Å². The second-order valence-electron chi connectivity index (χ2n) is 6.73. The highest BCUT2D eigenvalue weighted by Gasteiger charge is 2.20. The Morgan fingerprint density at radius 2 is 1.97 bits per heavy atom. The first-order valence-electron chi connectivity index (χ1n) is 9.69. The molecule has 166 valence electrons. The zero-order valence-corrected chi connectivity index (χ0v) is 17.9. The van der Waals surface area contributed by atoms with Gasteiger partial charge in [0.15, 0.2) is 0 Å². The minimum absolute atomic E-state index is 0.0212. The molecule has 0 aliphatic rings. The molecule has 0 saturated heterocycles. The van der Waals surface area contributed by atoms with Crippen LogP contribution in [-0.2, 0) is 23.2 Å². The van der Waals surface area contributed by atoms with Gasteiger partial charge in [0.1, 0.15) is 23.1 Å². The molecule has 1 amide bonds. The van der Waals surface area contributed by atoms with E-state index in [4.69, 9.17) is 4.74 Å². The highest BCUT2D eigenvalue weighted by atomic mass is 32.2. The molecule has 1 aromatic heterocycles. The molecular weight excluding hydrogens is 433 g/mol. The zero-order chi connectivity index (χ0) is 23.0. The zero-order valence-electron chi connectivity index (χ0n) is 17.1. The van der Waals surface area contributed by atoms with Gasteiger partial charge in [0.05, 0.1) is 5.69 Å². The molecule has 2 N–H and O–H groups in total. The van der Waals surface area contributed by atoms with Gasteiger partial charge in [-0.05, 0) is 48.0 Å². The van der Waals surface area contributed by atoms with Crippen molar-refractivity contribution in [1.82, 2.24) is 15.0 Å². The van der Waals surface area contributed by atoms with Crippen molar-refractivity contribution >= 4 is 15.9 Å². The molecule has 2 aromatic carbocycles. The molecule has 32 heavy (non-hydrogen) atoms. The number of nitrogens with one attached hydrogen (secondary N) is 2. The lowest BCUT2D eigenvalue weighted by atomic mass is 10.2. The molecule has 0 saturated carbocycles. The van der Waals surface area contributed by atoms with E-state index in [1.165, 1.54) is 12.1 Å². The van der Waals surface area contributed by atoms with E-state index in [0.717, 1.165) is 23.4 Å². The van der Waals surface area contributed by atoms with E-state index in [9.17, 15) is 17.6 Å². The number of amides is 1. The first-order chi connectivity index (χ1) is 15.4. The first-order valence-corrected chi connectivity index (χ1v) is 11.2. The predicted molar refractivity (Wildman–Crippen MR) is 118 cm³/mol. The number of hydrogen-bond acceptors (Lipinski definition) is 5. The van der Waals surface area contributed by atoms with Crippen LogP contribution in [0.5, 0.6) is 5.75 Å². The van der Waals surface area contributed by atoms with E-state index in [0.29, 0.717) is 12.4 Å². The van der Waals surface area contributed by atoms with Gasteiger partial charge in [-0.15, -0.1) is 6.58 Å². The van der Waals surface area contributed by atoms with Gasteiger partial charge in [-0.2, -0.15) is 0 Å². The maximum Gasteiger partial charge on any atom is 0.251 e. The summed E-state index contributed by atoms with van der Waals surface area (Å²) in [7, 11) is -4.11. The molecule has 0 unspecified atom stereocenters. The smallest absolute Gasteiger partial charge is 0.251 e. The van der Waals surface area contributed by atoms with Crippen LogP contribution >= 0.6 is 0 Å². The Kier molecular flexibility index (Phi) is 7.69. The van der Waals surface area contributed by atoms with Gasteiger partial charge >= 0.3 is 0 Å². The van der Waals surface area contributed by atoms with Crippen LogP contribution in [0.1, 0.15) is 21.6 Å². The third-order valence-corrected chi connectivity index (χ3v) is 5.80. The summed E-state index contributed by atoms with van der Waals surface area (Å²) in [5.41, 5.74) is 1.59. The average Bonchev–Trinajstić information content (AvgIpc) is 2.81. The van der Waals surface area contributed by atoms with Gasteiger partial charge in [0.25, 0.3) is 5.91 Å². The van der Waals surface area contributed by atoms with Crippen molar-refractivity contribution in [2.75, 3.05) is 6.54 Å². The number of pyridine rings is 1. The first kappa shape index (κ1) is 23.1. The largest absolute Gasteiger partial charge is 0.487 e. The average molecular weight is 456 g/mol. The van der Waals surface area contributed by atoms with E-state index < -0.39 is 26.6 Å². The molecule has 3 rings (SSSR count). The minimum atomic E-state index is -4.11. The lowest BCUT2D eigenvalue weighted by Gasteiger charge is -2.10. The van der Waals surface area contributed by atoms with Crippen LogP contribution in [0.25, 0.3) is 0 Å². The van der Waals surface area contributed by atoms with Crippen LogP contribution in [0.3, 0.4) is 0 Å². The van der Waals surface area contributed by atoms with Crippen molar-refractivity contribution < 1.29 is 22.3 Å². The standard InChI is InChI=1S/C23H22FN3O4S/c1-2-11-27-32(29,30)22-14-18(9-10-21(22)24)23(28)26-15-17-6-5-8-20(13-17)31-16-19-7-3-4-12-25-19/h2-10,12-14,27H,1,11,15-16H2,(H,26,28). The monoisotopic (exact) mass is 455 g/mol. The summed E-state index contributed by atoms with van der Waals surface area (Å²) in [6.07, 6.45) is 3.02. The number of nitrogens with zero attached hydrogens (tertiary/aromatic N) is 1. The third-order valence-electron chi connectivity index (χ3n) is 4.36. The Balaban J connectivity index is 1.64. The predicted octanol–water partition coefficient (Wildman–Crippen LogP) is 3.19. The molecule has 0 fully saturated rings. The molecule has 0 atom stereocenters. The molecular formula is C23H22FN3O4S. The SMILES string of the molecule is C=CCNS(=O)(=O)c1cc(C(=O)NCc2cccc(OCc3ccccn3)c2)ccc1F. The molecule has 3 aromatic rings. The normalized spacial score (nSPS) is 11.0. The molecule has 0 bridgehead atoms. The fourth-order valence-corrected chi connectivity index (χ4v) is 3.87. The van der Waals surface area contributed by atoms with Crippen LogP contribution in [0.4, 0.5) is 4.39 Å². The van der Waals surface area contributed by atoms with Crippen molar-refractivity contribution in [3.05, 3.63) is 102 Å². The number of hydrogen-bond donors (Lipinski definition) is 2. The molecule has 0 aliphatic carbocycles. The van der Waals surface area contributed by atoms with E-state index >= 15 is 0 Å². The lowest BCUT2D eigenvalue weighted by molar-refractivity contribution is 0.0950. The topological polar surface area (TPSA) is 97.4 Å². The maximum absolute atomic E-state index is 14.1. The summed E-state index contributed by atoms with van der Waals surface area (Å²) in [5, 5.41) is 2.70. The number of carbonyl (C=O) groups excluding carboxylic acids is 1. The quantitative estimate of drug-likeness (QED) is 0.458. The number of aromatic nitrogens is 1. The van der Waals surface area contributed by atoms with Crippen molar-refractivity contribution in [2.45, 2.75) is 18.0 Å². The van der Waals surface area contributed by atoms with E-state index in [1.54, 1.807) is 24.4 Å². The van der Waals surface area contributed by atoms with Crippen molar-refractivity contribution in [2.24, 2.45) is 0 Å². The van der Waals surface area contributed by atoms with Crippen molar-refractivity contribution in [1.29, 1.82) is 0 Å². The number of sulfonamides is 1. The molecule has 0 spiro atoms. The van der Waals surface area contributed by atoms with Crippen LogP contribution < -0.4 is 14.8 Å². The number of halogens is 1. The lowest BCUT2D eigenvalue weighted by Crippen LogP contribution is -2.26. The van der Waals surface area contributed by atoms with Gasteiger partial charge in [0.2, 0.25) is 10.0 Å². The van der Waals surface area contributed by atoms with Crippen LogP contribution in [0, 0.1) is 5.82 Å². The molecule has 7 nitrogen and oxygen atoms in total. The Morgan fingerprint density at radius 1 is 1.12 bits per heavy atom. The molecule has 0 aliphatic heterocycles. The van der Waals surface area contributed by atoms with Gasteiger partial charge in [-0.25, -0.2) is 17.5 Å². The van der Waals surface area contributed by atoms with Gasteiger partial charge in [-0.1, -0.05) is 24.3 Å². The van der Waals surface area contributed by atoms with Crippen LogP contribution in [0.2, 0.25) is 0 Å². The van der Waals surface area contributed by atoms with Crippen LogP contribution in [0.15, 0.2) is 84.4 Å². The van der Waals surface area contributed by atoms with E-state index in [-0.39, 0.29) is 18.7 Å². The summed E-state index contributed by atoms with van der Waals surface area (Å²) >= 11 is 0. The van der Waals surface area contributed by atoms with Crippen LogP contribution in [-0.4, -0.2) is 25.9 Å². The Bertz CT molecular complexity index is 1200. The molecule has 1 heterocycles. The number of rotatable bonds is 10. The highest BCUT2D eigenvalue weighted by Crippen LogP contribution is 2.18. The summed E-state index contributed by atoms with van der Waals surface area (Å²) in [6.45, 7) is 3.84. The summed E-state index contributed by atoms with van der Waals surface area (Å²) in [6, 6.07) is 15.9. The fourth-order valence-electron chi connectivity index (χ4n) is 2.77. The Morgan fingerprint density at radius 3 is 2.72 bits per heavy atom. The van der Waals surface area contributed by atoms with Gasteiger partial charge in [0, 0.05) is 24.8 Å². The van der Waals surface area contributed by atoms with Gasteiger partial charge in [-0.3, -0.25) is 9.78 Å². The Hall–Kier alpha value is -3.56. The molecule has 9 heteroatoms. The fraction of sp³-hybridized carbons (Fsp3) is 0.130. The number of ether oxygens (including phenoxy) is 1. The van der Waals surface area contributed by atoms with Crippen molar-refractivity contribution in [3.8, 4) is 5.75 Å². The minimum Gasteiger partial charge on any atom is -0.487 e. The summed E-state index contributed by atoms with van der Waals surface area (Å²) < 4.78 is 46.4. The third kappa shape index (κ3) is 6.22. The molecule has 0 radical (unpaired) electrons. The second kappa shape index (κ2) is 10.7. The van der Waals surface area contributed by atoms with E-state index in [1.807, 2.05) is 24.3 Å². The highest BCUT2D eigenvalue weighted by molar-refractivity contribution is 7.89. The number of benzene rings is 2. The second-order valence-corrected chi connectivity index (χ2v) is 8.46. The number of carbonyl (C=O) groups is 1.